The molecule has 8 nitrogen and oxygen atoms in total. The lowest BCUT2D eigenvalue weighted by atomic mass is 9.94. The van der Waals surface area contributed by atoms with Crippen molar-refractivity contribution < 1.29 is 28.6 Å². The van der Waals surface area contributed by atoms with Gasteiger partial charge >= 0.3 is 5.97 Å². The van der Waals surface area contributed by atoms with E-state index in [1.807, 2.05) is 13.8 Å². The molecule has 1 aliphatic rings. The van der Waals surface area contributed by atoms with E-state index in [0.29, 0.717) is 23.4 Å². The van der Waals surface area contributed by atoms with E-state index in [1.165, 1.54) is 36.3 Å². The van der Waals surface area contributed by atoms with Gasteiger partial charge in [-0.1, -0.05) is 26.0 Å². The normalized spacial score (nSPS) is 17.6. The molecular formula is C25H30FN3O5. The van der Waals surface area contributed by atoms with Gasteiger partial charge in [-0.25, -0.2) is 9.18 Å². The molecule has 1 aromatic carbocycles. The Morgan fingerprint density at radius 1 is 1.18 bits per heavy atom. The molecular weight excluding hydrogens is 441 g/mol. The van der Waals surface area contributed by atoms with Gasteiger partial charge in [0.2, 0.25) is 0 Å². The number of likely N-dealkylation sites (tertiary alicyclic amines) is 1. The minimum absolute atomic E-state index is 0.0993. The van der Waals surface area contributed by atoms with Crippen molar-refractivity contribution in [3.8, 4) is 0 Å². The summed E-state index contributed by atoms with van der Waals surface area (Å²) in [5.74, 6) is -3.02. The predicted octanol–water partition coefficient (Wildman–Crippen LogP) is 3.32. The van der Waals surface area contributed by atoms with E-state index < -0.39 is 29.5 Å². The van der Waals surface area contributed by atoms with E-state index in [2.05, 4.69) is 9.88 Å². The van der Waals surface area contributed by atoms with Crippen molar-refractivity contribution in [1.29, 1.82) is 0 Å². The van der Waals surface area contributed by atoms with Crippen LogP contribution in [0.4, 0.5) is 4.39 Å². The maximum Gasteiger partial charge on any atom is 0.354 e. The van der Waals surface area contributed by atoms with Crippen molar-refractivity contribution in [2.45, 2.75) is 33.7 Å². The first-order valence-electron chi connectivity index (χ1n) is 11.2. The largest absolute Gasteiger partial charge is 0.507 e. The SMILES string of the molecule is CCN(CC)CCN1C(=O)C(=O)/C(=C(/O)c2c(C)[nH]c(C(=O)OC)c2C)[C@@H]1c1ccc(F)cc1. The lowest BCUT2D eigenvalue weighted by molar-refractivity contribution is -0.140. The Morgan fingerprint density at radius 2 is 1.79 bits per heavy atom. The second-order valence-corrected chi connectivity index (χ2v) is 8.19. The number of aryl methyl sites for hydroxylation is 1. The van der Waals surface area contributed by atoms with Crippen LogP contribution in [0, 0.1) is 19.7 Å². The van der Waals surface area contributed by atoms with Gasteiger partial charge in [0.25, 0.3) is 11.7 Å². The number of benzene rings is 1. The number of H-pyrrole nitrogens is 1. The number of nitrogens with zero attached hydrogens (tertiary/aromatic N) is 2. The first kappa shape index (κ1) is 25.2. The number of esters is 1. The van der Waals surface area contributed by atoms with Crippen LogP contribution in [-0.4, -0.2) is 70.8 Å². The van der Waals surface area contributed by atoms with E-state index >= 15 is 0 Å². The minimum Gasteiger partial charge on any atom is -0.507 e. The van der Waals surface area contributed by atoms with Crippen LogP contribution in [-0.2, 0) is 14.3 Å². The molecule has 1 atom stereocenters. The van der Waals surface area contributed by atoms with Crippen LogP contribution in [0.15, 0.2) is 29.8 Å². The summed E-state index contributed by atoms with van der Waals surface area (Å²) in [7, 11) is 1.24. The second-order valence-electron chi connectivity index (χ2n) is 8.19. The van der Waals surface area contributed by atoms with Crippen molar-refractivity contribution in [3.05, 3.63) is 63.7 Å². The predicted molar refractivity (Wildman–Crippen MR) is 125 cm³/mol. The number of hydrogen-bond donors (Lipinski definition) is 2. The number of ketones is 1. The Labute approximate surface area is 198 Å². The molecule has 0 aliphatic carbocycles. The molecule has 3 rings (SSSR count). The van der Waals surface area contributed by atoms with E-state index in [-0.39, 0.29) is 29.1 Å². The van der Waals surface area contributed by atoms with Crippen LogP contribution in [0.1, 0.15) is 52.8 Å². The van der Waals surface area contributed by atoms with Crippen molar-refractivity contribution in [2.75, 3.05) is 33.3 Å². The number of aliphatic hydroxyl groups excluding tert-OH is 1. The zero-order valence-electron chi connectivity index (χ0n) is 20.1. The zero-order valence-corrected chi connectivity index (χ0v) is 20.1. The highest BCUT2D eigenvalue weighted by atomic mass is 19.1. The number of aromatic amines is 1. The van der Waals surface area contributed by atoms with E-state index in [4.69, 9.17) is 4.74 Å². The second kappa shape index (κ2) is 10.2. The van der Waals surface area contributed by atoms with Gasteiger partial charge in [-0.3, -0.25) is 9.59 Å². The molecule has 2 aromatic rings. The Morgan fingerprint density at radius 3 is 2.35 bits per heavy atom. The minimum atomic E-state index is -0.897. The summed E-state index contributed by atoms with van der Waals surface area (Å²) in [5, 5.41) is 11.3. The molecule has 0 radical (unpaired) electrons. The van der Waals surface area contributed by atoms with Gasteiger partial charge in [0.05, 0.1) is 18.7 Å². The van der Waals surface area contributed by atoms with Crippen molar-refractivity contribution in [2.24, 2.45) is 0 Å². The summed E-state index contributed by atoms with van der Waals surface area (Å²) in [4.78, 5) is 44.8. The number of hydrogen-bond acceptors (Lipinski definition) is 6. The van der Waals surface area contributed by atoms with Crippen LogP contribution >= 0.6 is 0 Å². The number of halogens is 1. The van der Waals surface area contributed by atoms with Crippen LogP contribution in [0.25, 0.3) is 5.76 Å². The summed E-state index contributed by atoms with van der Waals surface area (Å²) in [6.45, 7) is 9.62. The van der Waals surface area contributed by atoms with E-state index in [1.54, 1.807) is 13.8 Å². The fourth-order valence-electron chi connectivity index (χ4n) is 4.44. The number of rotatable bonds is 8. The number of methoxy groups -OCH3 is 1. The van der Waals surface area contributed by atoms with Gasteiger partial charge in [-0.15, -0.1) is 0 Å². The summed E-state index contributed by atoms with van der Waals surface area (Å²) >= 11 is 0. The molecule has 182 valence electrons. The third kappa shape index (κ3) is 4.48. The third-order valence-corrected chi connectivity index (χ3v) is 6.34. The Hall–Kier alpha value is -3.46. The molecule has 1 amide bonds. The first-order chi connectivity index (χ1) is 16.2. The van der Waals surface area contributed by atoms with Crippen LogP contribution in [0.5, 0.6) is 0 Å². The monoisotopic (exact) mass is 471 g/mol. The van der Waals surface area contributed by atoms with E-state index in [0.717, 1.165) is 13.1 Å². The fourth-order valence-corrected chi connectivity index (χ4v) is 4.44. The third-order valence-electron chi connectivity index (χ3n) is 6.34. The quantitative estimate of drug-likeness (QED) is 0.265. The Kier molecular flexibility index (Phi) is 7.56. The molecule has 2 heterocycles. The zero-order chi connectivity index (χ0) is 25.2. The summed E-state index contributed by atoms with van der Waals surface area (Å²) in [6.07, 6.45) is 0. The molecule has 0 bridgehead atoms. The van der Waals surface area contributed by atoms with Crippen LogP contribution in [0.3, 0.4) is 0 Å². The lowest BCUT2D eigenvalue weighted by Crippen LogP contribution is -2.38. The fraction of sp³-hybridized carbons (Fsp3) is 0.400. The number of likely N-dealkylation sites (N-methyl/N-ethyl adjacent to an activating group) is 1. The lowest BCUT2D eigenvalue weighted by Gasteiger charge is -2.28. The highest BCUT2D eigenvalue weighted by Gasteiger charge is 2.46. The molecule has 1 fully saturated rings. The maximum absolute atomic E-state index is 13.6. The number of carbonyl (C=O) groups is 3. The molecule has 1 aromatic heterocycles. The smallest absolute Gasteiger partial charge is 0.354 e. The number of aliphatic hydroxyl groups is 1. The van der Waals surface area contributed by atoms with Crippen LogP contribution in [0.2, 0.25) is 0 Å². The Balaban J connectivity index is 2.17. The molecule has 0 saturated carbocycles. The average molecular weight is 472 g/mol. The molecule has 1 saturated heterocycles. The molecule has 9 heteroatoms. The van der Waals surface area contributed by atoms with Crippen molar-refractivity contribution in [1.82, 2.24) is 14.8 Å². The number of Topliss-reactive ketones (excluding diaryl/α,β-unsaturated/α-hetero) is 1. The first-order valence-corrected chi connectivity index (χ1v) is 11.2. The van der Waals surface area contributed by atoms with Gasteiger partial charge in [-0.05, 0) is 50.2 Å². The summed E-state index contributed by atoms with van der Waals surface area (Å²) in [5.41, 5.74) is 1.65. The number of nitrogens with one attached hydrogen (secondary N) is 1. The maximum atomic E-state index is 13.6. The standard InChI is InChI=1S/C25H30FN3O5/c1-6-28(7-2)12-13-29-21(16-8-10-17(26)11-9-16)19(23(31)24(29)32)22(30)18-14(3)20(25(33)34-5)27-15(18)4/h8-11,21,27,30H,6-7,12-13H2,1-5H3/b22-19+/t21-/m0/s1. The number of aromatic nitrogens is 1. The van der Waals surface area contributed by atoms with Gasteiger partial charge < -0.3 is 24.6 Å². The number of ether oxygens (including phenoxy) is 1. The summed E-state index contributed by atoms with van der Waals surface area (Å²) in [6, 6.07) is 4.61. The number of carbonyl (C=O) groups excluding carboxylic acids is 3. The topological polar surface area (TPSA) is 103 Å². The molecule has 0 unspecified atom stereocenters. The van der Waals surface area contributed by atoms with Gasteiger partial charge in [0, 0.05) is 24.3 Å². The molecule has 2 N–H and O–H groups in total. The molecule has 34 heavy (non-hydrogen) atoms. The highest BCUT2D eigenvalue weighted by molar-refractivity contribution is 6.46. The van der Waals surface area contributed by atoms with Crippen molar-refractivity contribution in [3.63, 3.8) is 0 Å². The van der Waals surface area contributed by atoms with Gasteiger partial charge in [-0.2, -0.15) is 0 Å². The summed E-state index contributed by atoms with van der Waals surface area (Å²) < 4.78 is 18.4. The van der Waals surface area contributed by atoms with Gasteiger partial charge in [0.15, 0.2) is 0 Å². The molecule has 0 spiro atoms. The number of amides is 1. The molecule has 1 aliphatic heterocycles. The average Bonchev–Trinajstić information content (AvgIpc) is 3.26. The van der Waals surface area contributed by atoms with Crippen LogP contribution < -0.4 is 0 Å². The van der Waals surface area contributed by atoms with E-state index in [9.17, 15) is 23.9 Å². The van der Waals surface area contributed by atoms with Crippen molar-refractivity contribution >= 4 is 23.4 Å². The Bertz CT molecular complexity index is 1130. The highest BCUT2D eigenvalue weighted by Crippen LogP contribution is 2.40. The van der Waals surface area contributed by atoms with Gasteiger partial charge in [0.1, 0.15) is 17.3 Å².